The molecule has 2 aromatic carbocycles. The van der Waals surface area contributed by atoms with Crippen LogP contribution in [-0.4, -0.2) is 19.1 Å². The lowest BCUT2D eigenvalue weighted by Crippen LogP contribution is -2.12. The summed E-state index contributed by atoms with van der Waals surface area (Å²) in [6.07, 6.45) is 0. The van der Waals surface area contributed by atoms with Crippen molar-refractivity contribution in [3.63, 3.8) is 0 Å². The zero-order valence-electron chi connectivity index (χ0n) is 12.4. The Morgan fingerprint density at radius 1 is 1.29 bits per heavy atom. The maximum atomic E-state index is 11.3. The van der Waals surface area contributed by atoms with E-state index in [9.17, 15) is 18.5 Å². The van der Waals surface area contributed by atoms with Crippen LogP contribution in [0.25, 0.3) is 0 Å². The first-order chi connectivity index (χ1) is 11.2. The first-order valence-electron chi connectivity index (χ1n) is 6.56. The normalized spacial score (nSPS) is 12.0. The highest BCUT2D eigenvalue weighted by molar-refractivity contribution is 9.10. The van der Waals surface area contributed by atoms with Gasteiger partial charge in [-0.3, -0.25) is 15.5 Å². The molecule has 0 heterocycles. The van der Waals surface area contributed by atoms with Crippen molar-refractivity contribution in [3.8, 4) is 0 Å². The molecule has 10 heteroatoms. The molecule has 0 aliphatic rings. The van der Waals surface area contributed by atoms with Gasteiger partial charge in [-0.1, -0.05) is 34.1 Å². The molecule has 0 spiro atoms. The summed E-state index contributed by atoms with van der Waals surface area (Å²) < 4.78 is 23.4. The second kappa shape index (κ2) is 7.07. The number of hydrogen-bond acceptors (Lipinski definition) is 6. The third-order valence-corrected chi connectivity index (χ3v) is 4.70. The SMILES string of the molecule is C/C(=N\Nc1ccc(S(N)(=O)=O)cc1[N+](=O)[O-])c1ccccc1Br. The smallest absolute Gasteiger partial charge is 0.271 e. The average molecular weight is 413 g/mol. The third kappa shape index (κ3) is 4.16. The van der Waals surface area contributed by atoms with Crippen LogP contribution in [-0.2, 0) is 10.0 Å². The summed E-state index contributed by atoms with van der Waals surface area (Å²) in [6, 6.07) is 10.7. The fourth-order valence-electron chi connectivity index (χ4n) is 1.89. The van der Waals surface area contributed by atoms with Crippen molar-refractivity contribution in [1.82, 2.24) is 0 Å². The van der Waals surface area contributed by atoms with Gasteiger partial charge in [0.1, 0.15) is 5.69 Å². The molecule has 0 bridgehead atoms. The van der Waals surface area contributed by atoms with Crippen LogP contribution >= 0.6 is 15.9 Å². The monoisotopic (exact) mass is 412 g/mol. The fraction of sp³-hybridized carbons (Fsp3) is 0.0714. The summed E-state index contributed by atoms with van der Waals surface area (Å²) >= 11 is 3.39. The zero-order valence-corrected chi connectivity index (χ0v) is 14.8. The molecule has 0 aliphatic carbocycles. The predicted octanol–water partition coefficient (Wildman–Crippen LogP) is 2.84. The molecule has 126 valence electrons. The molecule has 0 fully saturated rings. The van der Waals surface area contributed by atoms with Gasteiger partial charge in [0.15, 0.2) is 0 Å². The van der Waals surface area contributed by atoms with E-state index < -0.39 is 20.6 Å². The summed E-state index contributed by atoms with van der Waals surface area (Å²) in [6.45, 7) is 1.73. The van der Waals surface area contributed by atoms with Gasteiger partial charge < -0.3 is 0 Å². The van der Waals surface area contributed by atoms with E-state index in [2.05, 4.69) is 26.5 Å². The number of nitrogens with two attached hydrogens (primary N) is 1. The van der Waals surface area contributed by atoms with E-state index in [1.807, 2.05) is 24.3 Å². The first-order valence-corrected chi connectivity index (χ1v) is 8.90. The minimum Gasteiger partial charge on any atom is -0.271 e. The molecular formula is C14H13BrN4O4S. The van der Waals surface area contributed by atoms with Gasteiger partial charge in [0.05, 0.1) is 15.5 Å². The van der Waals surface area contributed by atoms with Crippen LogP contribution in [0.2, 0.25) is 0 Å². The Kier molecular flexibility index (Phi) is 5.32. The van der Waals surface area contributed by atoms with Crippen molar-refractivity contribution in [3.05, 3.63) is 62.6 Å². The summed E-state index contributed by atoms with van der Waals surface area (Å²) in [5, 5.41) is 20.2. The Labute approximate surface area is 146 Å². The van der Waals surface area contributed by atoms with Crippen molar-refractivity contribution in [1.29, 1.82) is 0 Å². The van der Waals surface area contributed by atoms with Crippen LogP contribution in [0.3, 0.4) is 0 Å². The van der Waals surface area contributed by atoms with Crippen LogP contribution < -0.4 is 10.6 Å². The lowest BCUT2D eigenvalue weighted by molar-refractivity contribution is -0.384. The Morgan fingerprint density at radius 2 is 1.96 bits per heavy atom. The molecule has 8 nitrogen and oxygen atoms in total. The van der Waals surface area contributed by atoms with E-state index in [-0.39, 0.29) is 10.6 Å². The van der Waals surface area contributed by atoms with Gasteiger partial charge in [0, 0.05) is 16.1 Å². The van der Waals surface area contributed by atoms with E-state index in [1.165, 1.54) is 12.1 Å². The van der Waals surface area contributed by atoms with Crippen LogP contribution in [0.4, 0.5) is 11.4 Å². The summed E-state index contributed by atoms with van der Waals surface area (Å²) in [5.41, 5.74) is 3.61. The zero-order chi connectivity index (χ0) is 17.9. The highest BCUT2D eigenvalue weighted by Gasteiger charge is 2.19. The highest BCUT2D eigenvalue weighted by atomic mass is 79.9. The predicted molar refractivity (Wildman–Crippen MR) is 94.4 cm³/mol. The number of anilines is 1. The minimum atomic E-state index is -4.03. The number of nitrogens with one attached hydrogen (secondary N) is 1. The summed E-state index contributed by atoms with van der Waals surface area (Å²) in [4.78, 5) is 10.1. The molecule has 2 rings (SSSR count). The summed E-state index contributed by atoms with van der Waals surface area (Å²) in [7, 11) is -4.03. The molecule has 0 unspecified atom stereocenters. The van der Waals surface area contributed by atoms with Gasteiger partial charge in [0.25, 0.3) is 5.69 Å². The maximum Gasteiger partial charge on any atom is 0.295 e. The largest absolute Gasteiger partial charge is 0.295 e. The standard InChI is InChI=1S/C14H13BrN4O4S/c1-9(11-4-2-3-5-12(11)15)17-18-13-7-6-10(24(16,22)23)8-14(13)19(20)21/h2-8,18H,1H3,(H2,16,22,23)/b17-9+. The highest BCUT2D eigenvalue weighted by Crippen LogP contribution is 2.27. The lowest BCUT2D eigenvalue weighted by Gasteiger charge is -2.07. The number of nitrogens with zero attached hydrogens (tertiary/aromatic N) is 2. The van der Waals surface area contributed by atoms with Crippen LogP contribution in [0.5, 0.6) is 0 Å². The van der Waals surface area contributed by atoms with Crippen molar-refractivity contribution >= 4 is 43.0 Å². The van der Waals surface area contributed by atoms with Gasteiger partial charge in [-0.15, -0.1) is 0 Å². The number of rotatable bonds is 5. The number of sulfonamides is 1. The van der Waals surface area contributed by atoms with Crippen molar-refractivity contribution in [2.45, 2.75) is 11.8 Å². The molecule has 0 aliphatic heterocycles. The molecule has 0 saturated carbocycles. The molecular weight excluding hydrogens is 400 g/mol. The molecule has 0 amide bonds. The van der Waals surface area contributed by atoms with Gasteiger partial charge in [-0.2, -0.15) is 5.10 Å². The number of primary sulfonamides is 1. The number of hydrazone groups is 1. The van der Waals surface area contributed by atoms with Gasteiger partial charge in [-0.25, -0.2) is 13.6 Å². The van der Waals surface area contributed by atoms with Crippen molar-refractivity contribution < 1.29 is 13.3 Å². The van der Waals surface area contributed by atoms with E-state index in [0.29, 0.717) is 5.71 Å². The maximum absolute atomic E-state index is 11.3. The van der Waals surface area contributed by atoms with Crippen LogP contribution in [0.1, 0.15) is 12.5 Å². The van der Waals surface area contributed by atoms with Gasteiger partial charge in [0.2, 0.25) is 10.0 Å². The quantitative estimate of drug-likeness (QED) is 0.443. The first kappa shape index (κ1) is 18.0. The van der Waals surface area contributed by atoms with E-state index in [0.717, 1.165) is 16.1 Å². The number of nitro groups is 1. The topological polar surface area (TPSA) is 128 Å². The summed E-state index contributed by atoms with van der Waals surface area (Å²) in [5.74, 6) is 0. The second-order valence-corrected chi connectivity index (χ2v) is 7.19. The average Bonchev–Trinajstić information content (AvgIpc) is 2.51. The Morgan fingerprint density at radius 3 is 2.54 bits per heavy atom. The fourth-order valence-corrected chi connectivity index (χ4v) is 3.00. The molecule has 0 atom stereocenters. The number of hydrogen-bond donors (Lipinski definition) is 2. The van der Waals surface area contributed by atoms with Crippen molar-refractivity contribution in [2.75, 3.05) is 5.43 Å². The Balaban J connectivity index is 2.38. The Bertz CT molecular complexity index is 928. The second-order valence-electron chi connectivity index (χ2n) is 4.77. The Hall–Kier alpha value is -2.30. The van der Waals surface area contributed by atoms with Crippen LogP contribution in [0, 0.1) is 10.1 Å². The molecule has 0 radical (unpaired) electrons. The lowest BCUT2D eigenvalue weighted by atomic mass is 10.1. The number of nitro benzene ring substituents is 1. The molecule has 2 aromatic rings. The van der Waals surface area contributed by atoms with E-state index >= 15 is 0 Å². The molecule has 0 aromatic heterocycles. The molecule has 3 N–H and O–H groups in total. The number of benzene rings is 2. The van der Waals surface area contributed by atoms with Gasteiger partial charge in [-0.05, 0) is 25.1 Å². The van der Waals surface area contributed by atoms with Crippen LogP contribution in [0.15, 0.2) is 56.9 Å². The minimum absolute atomic E-state index is 0.0544. The number of halogens is 1. The van der Waals surface area contributed by atoms with Gasteiger partial charge >= 0.3 is 0 Å². The van der Waals surface area contributed by atoms with E-state index in [1.54, 1.807) is 6.92 Å². The molecule has 24 heavy (non-hydrogen) atoms. The van der Waals surface area contributed by atoms with E-state index in [4.69, 9.17) is 5.14 Å². The third-order valence-electron chi connectivity index (χ3n) is 3.10. The van der Waals surface area contributed by atoms with Crippen molar-refractivity contribution in [2.24, 2.45) is 10.2 Å². The molecule has 0 saturated heterocycles.